The number of carbonyl (C=O) groups excluding carboxylic acids is 1. The summed E-state index contributed by atoms with van der Waals surface area (Å²) in [5, 5.41) is 2.54. The molecule has 1 saturated heterocycles. The fourth-order valence-electron chi connectivity index (χ4n) is 3.13. The summed E-state index contributed by atoms with van der Waals surface area (Å²) in [6.07, 6.45) is -5.06. The quantitative estimate of drug-likeness (QED) is 0.650. The predicted molar refractivity (Wildman–Crippen MR) is 109 cm³/mol. The third-order valence-corrected chi connectivity index (χ3v) is 6.64. The lowest BCUT2D eigenvalue weighted by molar-refractivity contribution is -0.140. The maximum Gasteiger partial charge on any atom is 0.419 e. The van der Waals surface area contributed by atoms with Gasteiger partial charge >= 0.3 is 6.18 Å². The molecule has 0 spiro atoms. The van der Waals surface area contributed by atoms with Crippen LogP contribution in [-0.4, -0.2) is 58.5 Å². The van der Waals surface area contributed by atoms with Gasteiger partial charge in [0.05, 0.1) is 30.2 Å². The van der Waals surface area contributed by atoms with Crippen LogP contribution in [0.2, 0.25) is 0 Å². The van der Waals surface area contributed by atoms with Crippen molar-refractivity contribution in [2.75, 3.05) is 50.1 Å². The van der Waals surface area contributed by atoms with Crippen molar-refractivity contribution in [2.45, 2.75) is 11.1 Å². The smallest absolute Gasteiger partial charge is 0.378 e. The van der Waals surface area contributed by atoms with Gasteiger partial charge in [0.2, 0.25) is 15.9 Å². The number of halogens is 4. The van der Waals surface area contributed by atoms with Crippen molar-refractivity contribution in [3.8, 4) is 0 Å². The molecule has 7 nitrogen and oxygen atoms in total. The number of carbonyl (C=O) groups is 1. The molecule has 12 heteroatoms. The summed E-state index contributed by atoms with van der Waals surface area (Å²) in [5.74, 6) is -2.27. The normalized spacial score (nSPS) is 15.1. The summed E-state index contributed by atoms with van der Waals surface area (Å²) in [7, 11) is -3.41. The molecule has 1 amide bonds. The molecule has 3 rings (SSSR count). The van der Waals surface area contributed by atoms with E-state index in [1.54, 1.807) is 24.3 Å². The average molecular weight is 475 g/mol. The van der Waals surface area contributed by atoms with Gasteiger partial charge in [0, 0.05) is 31.5 Å². The molecule has 1 fully saturated rings. The van der Waals surface area contributed by atoms with E-state index in [-0.39, 0.29) is 6.07 Å². The van der Waals surface area contributed by atoms with E-state index >= 15 is 0 Å². The standard InChI is InChI=1S/C20H21F4N3O4S/c1-26(32(29,30)16-6-7-18(21)17(12-16)20(22,23)24)13-19(28)25-14-2-4-15(5-3-14)27-8-10-31-11-9-27/h2-7,12H,8-11,13H2,1H3,(H,25,28). The number of ether oxygens (including phenoxy) is 1. The molecule has 1 aliphatic rings. The van der Waals surface area contributed by atoms with E-state index in [2.05, 4.69) is 10.2 Å². The van der Waals surface area contributed by atoms with E-state index in [1.165, 1.54) is 0 Å². The highest BCUT2D eigenvalue weighted by molar-refractivity contribution is 7.89. The molecule has 32 heavy (non-hydrogen) atoms. The molecule has 0 radical (unpaired) electrons. The Morgan fingerprint density at radius 3 is 2.34 bits per heavy atom. The third-order valence-electron chi connectivity index (χ3n) is 4.84. The molecule has 0 bridgehead atoms. The first kappa shape index (κ1) is 24.0. The highest BCUT2D eigenvalue weighted by Crippen LogP contribution is 2.33. The Morgan fingerprint density at radius 2 is 1.75 bits per heavy atom. The number of nitrogens with one attached hydrogen (secondary N) is 1. The molecule has 1 heterocycles. The maximum atomic E-state index is 13.5. The number of hydrogen-bond donors (Lipinski definition) is 1. The minimum Gasteiger partial charge on any atom is -0.378 e. The van der Waals surface area contributed by atoms with Gasteiger partial charge in [0.15, 0.2) is 0 Å². The molecule has 1 N–H and O–H groups in total. The zero-order chi connectivity index (χ0) is 23.5. The predicted octanol–water partition coefficient (Wildman–Crippen LogP) is 2.94. The molecule has 0 saturated carbocycles. The Bertz CT molecular complexity index is 1070. The van der Waals surface area contributed by atoms with Gasteiger partial charge in [-0.05, 0) is 42.5 Å². The van der Waals surface area contributed by atoms with Gasteiger partial charge in [0.1, 0.15) is 5.82 Å². The average Bonchev–Trinajstić information content (AvgIpc) is 2.74. The van der Waals surface area contributed by atoms with Gasteiger partial charge in [-0.15, -0.1) is 0 Å². The number of sulfonamides is 1. The first-order valence-corrected chi connectivity index (χ1v) is 11.0. The lowest BCUT2D eigenvalue weighted by Crippen LogP contribution is -2.36. The number of likely N-dealkylation sites (N-methyl/N-ethyl adjacent to an activating group) is 1. The van der Waals surface area contributed by atoms with Crippen molar-refractivity contribution in [2.24, 2.45) is 0 Å². The minimum absolute atomic E-state index is 0.212. The Balaban J connectivity index is 1.66. The molecular weight excluding hydrogens is 454 g/mol. The maximum absolute atomic E-state index is 13.5. The molecule has 0 aliphatic carbocycles. The van der Waals surface area contributed by atoms with Crippen LogP contribution in [0.1, 0.15) is 5.56 Å². The summed E-state index contributed by atoms with van der Waals surface area (Å²) in [6.45, 7) is 2.09. The van der Waals surface area contributed by atoms with E-state index in [0.717, 1.165) is 31.9 Å². The lowest BCUT2D eigenvalue weighted by Gasteiger charge is -2.28. The van der Waals surface area contributed by atoms with Gasteiger partial charge < -0.3 is 15.0 Å². The molecule has 174 valence electrons. The van der Waals surface area contributed by atoms with Crippen molar-refractivity contribution in [3.05, 3.63) is 53.8 Å². The van der Waals surface area contributed by atoms with Gasteiger partial charge in [0.25, 0.3) is 0 Å². The second-order valence-corrected chi connectivity index (χ2v) is 9.14. The van der Waals surface area contributed by atoms with E-state index in [1.807, 2.05) is 0 Å². The number of alkyl halides is 3. The fraction of sp³-hybridized carbons (Fsp3) is 0.350. The summed E-state index contributed by atoms with van der Waals surface area (Å²) in [4.78, 5) is 13.6. The first-order valence-electron chi connectivity index (χ1n) is 9.54. The first-order chi connectivity index (χ1) is 15.0. The highest BCUT2D eigenvalue weighted by Gasteiger charge is 2.36. The lowest BCUT2D eigenvalue weighted by atomic mass is 10.2. The number of hydrogen-bond acceptors (Lipinski definition) is 5. The van der Waals surface area contributed by atoms with E-state index in [9.17, 15) is 30.8 Å². The Kier molecular flexibility index (Phi) is 7.06. The third kappa shape index (κ3) is 5.56. The van der Waals surface area contributed by atoms with E-state index < -0.39 is 44.9 Å². The van der Waals surface area contributed by atoms with Gasteiger partial charge in [-0.3, -0.25) is 4.79 Å². The molecule has 2 aromatic rings. The van der Waals surface area contributed by atoms with E-state index in [0.29, 0.717) is 29.3 Å². The van der Waals surface area contributed by atoms with Crippen LogP contribution in [0.5, 0.6) is 0 Å². The molecule has 1 aliphatic heterocycles. The number of anilines is 2. The van der Waals surface area contributed by atoms with Crippen LogP contribution < -0.4 is 10.2 Å². The van der Waals surface area contributed by atoms with Crippen molar-refractivity contribution >= 4 is 27.3 Å². The topological polar surface area (TPSA) is 79.0 Å². The second kappa shape index (κ2) is 9.43. The number of morpholine rings is 1. The zero-order valence-corrected chi connectivity index (χ0v) is 17.8. The summed E-state index contributed by atoms with van der Waals surface area (Å²) < 4.78 is 83.2. The van der Waals surface area contributed by atoms with Gasteiger partial charge in [-0.2, -0.15) is 17.5 Å². The monoisotopic (exact) mass is 475 g/mol. The molecule has 2 aromatic carbocycles. The highest BCUT2D eigenvalue weighted by atomic mass is 32.2. The number of amides is 1. The SMILES string of the molecule is CN(CC(=O)Nc1ccc(N2CCOCC2)cc1)S(=O)(=O)c1ccc(F)c(C(F)(F)F)c1. The second-order valence-electron chi connectivity index (χ2n) is 7.09. The van der Waals surface area contributed by atoms with Gasteiger partial charge in [-0.1, -0.05) is 0 Å². The van der Waals surface area contributed by atoms with Crippen LogP contribution in [0.15, 0.2) is 47.4 Å². The van der Waals surface area contributed by atoms with E-state index in [4.69, 9.17) is 4.74 Å². The number of nitrogens with zero attached hydrogens (tertiary/aromatic N) is 2. The largest absolute Gasteiger partial charge is 0.419 e. The van der Waals surface area contributed by atoms with Gasteiger partial charge in [-0.25, -0.2) is 12.8 Å². The molecular formula is C20H21F4N3O4S. The van der Waals surface area contributed by atoms with Crippen LogP contribution >= 0.6 is 0 Å². The van der Waals surface area contributed by atoms with Crippen LogP contribution in [0.3, 0.4) is 0 Å². The number of benzene rings is 2. The van der Waals surface area contributed by atoms with Crippen molar-refractivity contribution in [1.82, 2.24) is 4.31 Å². The fourth-order valence-corrected chi connectivity index (χ4v) is 4.28. The van der Waals surface area contributed by atoms with Crippen LogP contribution in [0.4, 0.5) is 28.9 Å². The van der Waals surface area contributed by atoms with Crippen molar-refractivity contribution < 1.29 is 35.5 Å². The van der Waals surface area contributed by atoms with Crippen LogP contribution in [-0.2, 0) is 25.7 Å². The number of rotatable bonds is 6. The molecule has 0 aromatic heterocycles. The Morgan fingerprint density at radius 1 is 1.12 bits per heavy atom. The summed E-state index contributed by atoms with van der Waals surface area (Å²) in [6, 6.07) is 8.29. The van der Waals surface area contributed by atoms with Crippen LogP contribution in [0.25, 0.3) is 0 Å². The van der Waals surface area contributed by atoms with Crippen LogP contribution in [0, 0.1) is 5.82 Å². The summed E-state index contributed by atoms with van der Waals surface area (Å²) in [5.41, 5.74) is -0.321. The Hall–Kier alpha value is -2.70. The Labute approximate surface area is 182 Å². The summed E-state index contributed by atoms with van der Waals surface area (Å²) >= 11 is 0. The molecule has 0 unspecified atom stereocenters. The van der Waals surface area contributed by atoms with Crippen molar-refractivity contribution in [1.29, 1.82) is 0 Å². The molecule has 0 atom stereocenters. The minimum atomic E-state index is -5.06. The zero-order valence-electron chi connectivity index (χ0n) is 17.0. The van der Waals surface area contributed by atoms with Crippen molar-refractivity contribution in [3.63, 3.8) is 0 Å².